The van der Waals surface area contributed by atoms with Crippen LogP contribution in [0.2, 0.25) is 0 Å². The molecule has 15 heavy (non-hydrogen) atoms. The molecular formula is C12H11BrN2. The molecule has 0 atom stereocenters. The monoisotopic (exact) mass is 262 g/mol. The van der Waals surface area contributed by atoms with E-state index in [9.17, 15) is 0 Å². The first-order valence-corrected chi connectivity index (χ1v) is 5.55. The largest absolute Gasteiger partial charge is 0.344 e. The van der Waals surface area contributed by atoms with Crippen molar-refractivity contribution in [1.29, 1.82) is 0 Å². The smallest absolute Gasteiger partial charge is 0.108 e. The molecule has 0 aliphatic carbocycles. The lowest BCUT2D eigenvalue weighted by atomic mass is 10.2. The summed E-state index contributed by atoms with van der Waals surface area (Å²) in [6, 6.07) is 2.39. The van der Waals surface area contributed by atoms with Crippen LogP contribution in [0.25, 0.3) is 10.9 Å². The van der Waals surface area contributed by atoms with Crippen LogP contribution in [0.1, 0.15) is 25.5 Å². The van der Waals surface area contributed by atoms with Crippen molar-refractivity contribution >= 4 is 26.8 Å². The lowest BCUT2D eigenvalue weighted by Crippen LogP contribution is -1.97. The van der Waals surface area contributed by atoms with E-state index in [1.807, 2.05) is 18.5 Å². The summed E-state index contributed by atoms with van der Waals surface area (Å²) in [5.74, 6) is 2.69. The molecule has 0 amide bonds. The summed E-state index contributed by atoms with van der Waals surface area (Å²) in [5.41, 5.74) is 2.03. The number of halogens is 1. The van der Waals surface area contributed by atoms with Crippen molar-refractivity contribution in [1.82, 2.24) is 9.55 Å². The van der Waals surface area contributed by atoms with Gasteiger partial charge in [-0.25, -0.2) is 4.98 Å². The second-order valence-electron chi connectivity index (χ2n) is 3.71. The molecule has 76 valence electrons. The van der Waals surface area contributed by atoms with Gasteiger partial charge in [-0.05, 0) is 35.8 Å². The molecule has 0 bridgehead atoms. The molecule has 2 aromatic rings. The standard InChI is InChI=1S/C12H11BrN2/c1-4-9-7-15(8(2)3)11-5-12(13)14-6-10(9)11/h1,5-8H,2-3H3. The van der Waals surface area contributed by atoms with Gasteiger partial charge in [0.15, 0.2) is 0 Å². The lowest BCUT2D eigenvalue weighted by Gasteiger charge is -2.08. The fourth-order valence-corrected chi connectivity index (χ4v) is 1.98. The maximum atomic E-state index is 5.46. The van der Waals surface area contributed by atoms with Gasteiger partial charge in [0.25, 0.3) is 0 Å². The highest BCUT2D eigenvalue weighted by molar-refractivity contribution is 9.10. The van der Waals surface area contributed by atoms with Crippen LogP contribution >= 0.6 is 15.9 Å². The van der Waals surface area contributed by atoms with Crippen molar-refractivity contribution in [3.63, 3.8) is 0 Å². The van der Waals surface area contributed by atoms with Crippen LogP contribution in [0.5, 0.6) is 0 Å². The van der Waals surface area contributed by atoms with E-state index in [1.165, 1.54) is 0 Å². The van der Waals surface area contributed by atoms with E-state index < -0.39 is 0 Å². The number of fused-ring (bicyclic) bond motifs is 1. The van der Waals surface area contributed by atoms with Crippen LogP contribution in [0, 0.1) is 12.3 Å². The summed E-state index contributed by atoms with van der Waals surface area (Å²) >= 11 is 3.37. The Hall–Kier alpha value is -1.27. The molecule has 0 unspecified atom stereocenters. The Labute approximate surface area is 97.4 Å². The van der Waals surface area contributed by atoms with Gasteiger partial charge in [0.05, 0.1) is 11.1 Å². The van der Waals surface area contributed by atoms with E-state index in [2.05, 4.69) is 45.2 Å². The van der Waals surface area contributed by atoms with Gasteiger partial charge in [0, 0.05) is 23.8 Å². The quantitative estimate of drug-likeness (QED) is 0.569. The van der Waals surface area contributed by atoms with E-state index in [-0.39, 0.29) is 0 Å². The Morgan fingerprint density at radius 1 is 1.53 bits per heavy atom. The molecule has 3 heteroatoms. The van der Waals surface area contributed by atoms with Gasteiger partial charge in [0.2, 0.25) is 0 Å². The Kier molecular flexibility index (Phi) is 2.54. The minimum atomic E-state index is 0.392. The highest BCUT2D eigenvalue weighted by atomic mass is 79.9. The third-order valence-electron chi connectivity index (χ3n) is 2.40. The SMILES string of the molecule is C#Cc1cn(C(C)C)c2cc(Br)ncc12. The fraction of sp³-hybridized carbons (Fsp3) is 0.250. The molecule has 2 heterocycles. The van der Waals surface area contributed by atoms with Crippen LogP contribution in [-0.2, 0) is 0 Å². The predicted molar refractivity (Wildman–Crippen MR) is 65.8 cm³/mol. The molecule has 0 aromatic carbocycles. The van der Waals surface area contributed by atoms with E-state index in [4.69, 9.17) is 6.42 Å². The second-order valence-corrected chi connectivity index (χ2v) is 4.52. The number of nitrogens with zero attached hydrogens (tertiary/aromatic N) is 2. The van der Waals surface area contributed by atoms with Gasteiger partial charge < -0.3 is 4.57 Å². The van der Waals surface area contributed by atoms with Crippen LogP contribution in [0.4, 0.5) is 0 Å². The zero-order valence-corrected chi connectivity index (χ0v) is 10.2. The van der Waals surface area contributed by atoms with E-state index in [0.717, 1.165) is 21.1 Å². The molecule has 0 aliphatic rings. The van der Waals surface area contributed by atoms with E-state index in [1.54, 1.807) is 0 Å². The van der Waals surface area contributed by atoms with Crippen LogP contribution in [-0.4, -0.2) is 9.55 Å². The highest BCUT2D eigenvalue weighted by Gasteiger charge is 2.09. The third kappa shape index (κ3) is 1.66. The Morgan fingerprint density at radius 2 is 2.27 bits per heavy atom. The highest BCUT2D eigenvalue weighted by Crippen LogP contribution is 2.25. The van der Waals surface area contributed by atoms with Gasteiger partial charge >= 0.3 is 0 Å². The average Bonchev–Trinajstić information content (AvgIpc) is 2.55. The maximum absolute atomic E-state index is 5.46. The van der Waals surface area contributed by atoms with Crippen molar-refractivity contribution < 1.29 is 0 Å². The summed E-state index contributed by atoms with van der Waals surface area (Å²) in [6.07, 6.45) is 9.28. The first kappa shape index (κ1) is 10.3. The number of rotatable bonds is 1. The summed E-state index contributed by atoms with van der Waals surface area (Å²) in [5, 5.41) is 1.04. The number of pyridine rings is 1. The molecule has 0 saturated heterocycles. The van der Waals surface area contributed by atoms with E-state index >= 15 is 0 Å². The first-order valence-electron chi connectivity index (χ1n) is 4.76. The van der Waals surface area contributed by atoms with Gasteiger partial charge in [-0.1, -0.05) is 5.92 Å². The molecule has 2 aromatic heterocycles. The molecular weight excluding hydrogens is 252 g/mol. The minimum absolute atomic E-state index is 0.392. The number of aromatic nitrogens is 2. The van der Waals surface area contributed by atoms with Crippen molar-refractivity contribution in [2.75, 3.05) is 0 Å². The molecule has 0 saturated carbocycles. The fourth-order valence-electron chi connectivity index (χ4n) is 1.66. The zero-order valence-electron chi connectivity index (χ0n) is 8.66. The maximum Gasteiger partial charge on any atom is 0.108 e. The van der Waals surface area contributed by atoms with Crippen LogP contribution in [0.15, 0.2) is 23.1 Å². The Morgan fingerprint density at radius 3 is 2.87 bits per heavy atom. The van der Waals surface area contributed by atoms with Gasteiger partial charge in [-0.2, -0.15) is 0 Å². The summed E-state index contributed by atoms with van der Waals surface area (Å²) in [7, 11) is 0. The van der Waals surface area contributed by atoms with E-state index in [0.29, 0.717) is 6.04 Å². The van der Waals surface area contributed by atoms with Crippen molar-refractivity contribution in [3.8, 4) is 12.3 Å². The Bertz CT molecular complexity index is 546. The van der Waals surface area contributed by atoms with Gasteiger partial charge in [-0.15, -0.1) is 6.42 Å². The molecule has 0 fully saturated rings. The lowest BCUT2D eigenvalue weighted by molar-refractivity contribution is 0.622. The minimum Gasteiger partial charge on any atom is -0.344 e. The Balaban J connectivity index is 2.83. The summed E-state index contributed by atoms with van der Waals surface area (Å²) < 4.78 is 3.00. The first-order chi connectivity index (χ1) is 7.13. The van der Waals surface area contributed by atoms with Gasteiger partial charge in [-0.3, -0.25) is 0 Å². The number of hydrogen-bond acceptors (Lipinski definition) is 1. The predicted octanol–water partition coefficient (Wildman–Crippen LogP) is 3.36. The van der Waals surface area contributed by atoms with Crippen LogP contribution < -0.4 is 0 Å². The van der Waals surface area contributed by atoms with Crippen molar-refractivity contribution in [2.24, 2.45) is 0 Å². The van der Waals surface area contributed by atoms with Crippen LogP contribution in [0.3, 0.4) is 0 Å². The molecule has 0 aliphatic heterocycles. The van der Waals surface area contributed by atoms with Gasteiger partial charge in [0.1, 0.15) is 4.60 Å². The van der Waals surface area contributed by atoms with Crippen molar-refractivity contribution in [3.05, 3.63) is 28.6 Å². The normalized spacial score (nSPS) is 10.9. The molecule has 2 rings (SSSR count). The summed E-state index contributed by atoms with van der Waals surface area (Å²) in [6.45, 7) is 4.27. The van der Waals surface area contributed by atoms with Crippen molar-refractivity contribution in [2.45, 2.75) is 19.9 Å². The molecule has 2 nitrogen and oxygen atoms in total. The number of terminal acetylenes is 1. The second kappa shape index (κ2) is 3.71. The topological polar surface area (TPSA) is 17.8 Å². The summed E-state index contributed by atoms with van der Waals surface area (Å²) in [4.78, 5) is 4.20. The average molecular weight is 263 g/mol. The zero-order chi connectivity index (χ0) is 11.0. The molecule has 0 N–H and O–H groups in total. The third-order valence-corrected chi connectivity index (χ3v) is 2.83. The number of hydrogen-bond donors (Lipinski definition) is 0. The molecule has 0 spiro atoms. The molecule has 0 radical (unpaired) electrons.